The van der Waals surface area contributed by atoms with E-state index in [0.29, 0.717) is 0 Å². The number of hydrogen-bond donors (Lipinski definition) is 0. The van der Waals surface area contributed by atoms with Crippen molar-refractivity contribution >= 4 is 11.4 Å². The van der Waals surface area contributed by atoms with Gasteiger partial charge in [-0.1, -0.05) is 25.5 Å². The normalized spacial score (nSPS) is 22.4. The van der Waals surface area contributed by atoms with Crippen LogP contribution in [-0.4, -0.2) is 44.6 Å². The van der Waals surface area contributed by atoms with Crippen molar-refractivity contribution in [2.75, 3.05) is 28.4 Å². The number of ether oxygens (including phenoxy) is 6. The maximum atomic E-state index is 12.2. The smallest absolute Gasteiger partial charge is 0.279 e. The van der Waals surface area contributed by atoms with Gasteiger partial charge in [-0.2, -0.15) is 0 Å². The third-order valence-corrected chi connectivity index (χ3v) is 7.30. The number of hydrogen-bond acceptors (Lipinski definition) is 10. The van der Waals surface area contributed by atoms with Crippen molar-refractivity contribution in [1.29, 1.82) is 0 Å². The predicted molar refractivity (Wildman–Crippen MR) is 144 cm³/mol. The van der Waals surface area contributed by atoms with Crippen LogP contribution in [0.2, 0.25) is 0 Å². The van der Waals surface area contributed by atoms with Crippen molar-refractivity contribution in [2.45, 2.75) is 52.1 Å². The van der Waals surface area contributed by atoms with Gasteiger partial charge in [0.15, 0.2) is 29.3 Å². The van der Waals surface area contributed by atoms with E-state index in [0.717, 1.165) is 12.8 Å². The number of methoxy groups -OCH3 is 4. The summed E-state index contributed by atoms with van der Waals surface area (Å²) in [6.45, 7) is 6.34. The molecular formula is C28H34N2O10. The van der Waals surface area contributed by atoms with Crippen LogP contribution >= 0.6 is 0 Å². The summed E-state index contributed by atoms with van der Waals surface area (Å²) >= 11 is 0. The lowest BCUT2D eigenvalue weighted by molar-refractivity contribution is -0.387. The second-order valence-electron chi connectivity index (χ2n) is 10.7. The standard InChI is InChI=1S/C28H34N2O10/c1-15-8-16(14-28(2,3)13-15)27-39-25(17-9-21(35-4)23(37-6)11-19(17)29(31)32)26(40-27)18-10-22(36-5)24(38-7)12-20(18)30(33)34/h8-12,16,25-27H,13-14H2,1-7H3/t16?,25-,26-/m1/s1. The Labute approximate surface area is 232 Å². The highest BCUT2D eigenvalue weighted by atomic mass is 16.7. The van der Waals surface area contributed by atoms with Crippen LogP contribution in [0.25, 0.3) is 0 Å². The number of nitro benzene ring substituents is 2. The number of rotatable bonds is 9. The van der Waals surface area contributed by atoms with Gasteiger partial charge in [-0.25, -0.2) is 0 Å². The van der Waals surface area contributed by atoms with E-state index < -0.39 is 28.3 Å². The second-order valence-corrected chi connectivity index (χ2v) is 10.7. The minimum absolute atomic E-state index is 0.0333. The van der Waals surface area contributed by atoms with E-state index in [1.165, 1.54) is 58.3 Å². The lowest BCUT2D eigenvalue weighted by Crippen LogP contribution is -2.30. The monoisotopic (exact) mass is 558 g/mol. The molecule has 1 aliphatic heterocycles. The Morgan fingerprint density at radius 3 is 1.52 bits per heavy atom. The highest BCUT2D eigenvalue weighted by molar-refractivity contribution is 5.58. The summed E-state index contributed by atoms with van der Waals surface area (Å²) in [6.07, 6.45) is 0.704. The van der Waals surface area contributed by atoms with E-state index in [-0.39, 0.29) is 56.8 Å². The summed E-state index contributed by atoms with van der Waals surface area (Å²) in [5, 5.41) is 24.4. The molecule has 1 saturated heterocycles. The molecule has 0 spiro atoms. The molecule has 0 aromatic heterocycles. The summed E-state index contributed by atoms with van der Waals surface area (Å²) in [6, 6.07) is 5.41. The Morgan fingerprint density at radius 1 is 0.775 bits per heavy atom. The summed E-state index contributed by atoms with van der Waals surface area (Å²) < 4.78 is 34.3. The Kier molecular flexibility index (Phi) is 8.22. The molecule has 2 aliphatic rings. The molecule has 216 valence electrons. The highest BCUT2D eigenvalue weighted by Gasteiger charge is 2.48. The van der Waals surface area contributed by atoms with E-state index >= 15 is 0 Å². The maximum absolute atomic E-state index is 12.2. The van der Waals surface area contributed by atoms with Crippen molar-refractivity contribution in [3.05, 3.63) is 67.3 Å². The summed E-state index contributed by atoms with van der Waals surface area (Å²) in [4.78, 5) is 23.3. The minimum atomic E-state index is -1.10. The minimum Gasteiger partial charge on any atom is -0.493 e. The predicted octanol–water partition coefficient (Wildman–Crippen LogP) is 6.08. The first kappa shape index (κ1) is 29.1. The van der Waals surface area contributed by atoms with E-state index in [2.05, 4.69) is 19.9 Å². The molecule has 12 nitrogen and oxygen atoms in total. The number of allylic oxidation sites excluding steroid dienone is 1. The van der Waals surface area contributed by atoms with Gasteiger partial charge in [0.25, 0.3) is 11.4 Å². The molecule has 1 unspecified atom stereocenters. The molecule has 0 saturated carbocycles. The van der Waals surface area contributed by atoms with Crippen LogP contribution in [0, 0.1) is 31.6 Å². The fourth-order valence-corrected chi connectivity index (χ4v) is 5.80. The molecule has 4 rings (SSSR count). The summed E-state index contributed by atoms with van der Waals surface area (Å²) in [7, 11) is 5.58. The highest BCUT2D eigenvalue weighted by Crippen LogP contribution is 2.54. The molecule has 0 radical (unpaired) electrons. The van der Waals surface area contributed by atoms with Crippen molar-refractivity contribution in [1.82, 2.24) is 0 Å². The number of benzene rings is 2. The topological polar surface area (TPSA) is 142 Å². The SMILES string of the molecule is COc1cc([C@H]2OC(C3C=C(C)CC(C)(C)C3)O[C@@H]2c2cc(OC)c(OC)cc2[N+](=O)[O-])c([N+](=O)[O-])cc1OC. The molecule has 1 fully saturated rings. The van der Waals surface area contributed by atoms with Crippen LogP contribution in [0.3, 0.4) is 0 Å². The molecule has 12 heteroatoms. The van der Waals surface area contributed by atoms with Gasteiger partial charge in [0, 0.05) is 5.92 Å². The van der Waals surface area contributed by atoms with E-state index in [4.69, 9.17) is 28.4 Å². The van der Waals surface area contributed by atoms with Crippen LogP contribution in [0.1, 0.15) is 56.9 Å². The lowest BCUT2D eigenvalue weighted by atomic mass is 9.73. The van der Waals surface area contributed by atoms with Crippen LogP contribution in [0.5, 0.6) is 23.0 Å². The largest absolute Gasteiger partial charge is 0.493 e. The quantitative estimate of drug-likeness (QED) is 0.202. The van der Waals surface area contributed by atoms with Crippen LogP contribution in [0.15, 0.2) is 35.9 Å². The summed E-state index contributed by atoms with van der Waals surface area (Å²) in [5.74, 6) is 0.620. The lowest BCUT2D eigenvalue weighted by Gasteiger charge is -2.35. The van der Waals surface area contributed by atoms with Gasteiger partial charge in [-0.05, 0) is 37.3 Å². The van der Waals surface area contributed by atoms with Gasteiger partial charge in [0.1, 0.15) is 12.2 Å². The molecule has 0 amide bonds. The Balaban J connectivity index is 1.93. The summed E-state index contributed by atoms with van der Waals surface area (Å²) in [5.41, 5.74) is 0.813. The molecule has 0 bridgehead atoms. The van der Waals surface area contributed by atoms with Gasteiger partial charge in [-0.15, -0.1) is 0 Å². The number of nitro groups is 2. The van der Waals surface area contributed by atoms with Gasteiger partial charge in [-0.3, -0.25) is 20.2 Å². The molecular weight excluding hydrogens is 524 g/mol. The van der Waals surface area contributed by atoms with E-state index in [9.17, 15) is 20.2 Å². The van der Waals surface area contributed by atoms with E-state index in [1.54, 1.807) is 0 Å². The molecule has 0 N–H and O–H groups in total. The fourth-order valence-electron chi connectivity index (χ4n) is 5.80. The van der Waals surface area contributed by atoms with Gasteiger partial charge in [0.2, 0.25) is 0 Å². The van der Waals surface area contributed by atoms with Crippen LogP contribution in [-0.2, 0) is 9.47 Å². The molecule has 2 aromatic carbocycles. The molecule has 3 atom stereocenters. The average Bonchev–Trinajstić information content (AvgIpc) is 3.35. The van der Waals surface area contributed by atoms with Crippen LogP contribution < -0.4 is 18.9 Å². The van der Waals surface area contributed by atoms with Gasteiger partial charge in [0.05, 0.1) is 61.5 Å². The second kappa shape index (κ2) is 11.3. The first-order chi connectivity index (χ1) is 18.9. The third-order valence-electron chi connectivity index (χ3n) is 7.30. The first-order valence-electron chi connectivity index (χ1n) is 12.7. The Morgan fingerprint density at radius 2 is 1.18 bits per heavy atom. The van der Waals surface area contributed by atoms with Crippen molar-refractivity contribution < 1.29 is 38.3 Å². The van der Waals surface area contributed by atoms with Gasteiger partial charge >= 0.3 is 0 Å². The molecule has 1 aliphatic carbocycles. The van der Waals surface area contributed by atoms with Crippen molar-refractivity contribution in [3.63, 3.8) is 0 Å². The van der Waals surface area contributed by atoms with E-state index in [1.807, 2.05) is 6.92 Å². The Bertz CT molecular complexity index is 1260. The third kappa shape index (κ3) is 5.54. The number of nitrogens with zero attached hydrogens (tertiary/aromatic N) is 2. The molecule has 40 heavy (non-hydrogen) atoms. The first-order valence-corrected chi connectivity index (χ1v) is 12.7. The maximum Gasteiger partial charge on any atom is 0.279 e. The fraction of sp³-hybridized carbons (Fsp3) is 0.500. The zero-order chi connectivity index (χ0) is 29.4. The zero-order valence-corrected chi connectivity index (χ0v) is 23.6. The van der Waals surface area contributed by atoms with Crippen molar-refractivity contribution in [2.24, 2.45) is 11.3 Å². The molecule has 2 aromatic rings. The zero-order valence-electron chi connectivity index (χ0n) is 23.6. The van der Waals surface area contributed by atoms with Crippen LogP contribution in [0.4, 0.5) is 11.4 Å². The van der Waals surface area contributed by atoms with Crippen molar-refractivity contribution in [3.8, 4) is 23.0 Å². The van der Waals surface area contributed by atoms with Gasteiger partial charge < -0.3 is 28.4 Å². The Hall–Kier alpha value is -3.90. The molecule has 1 heterocycles. The average molecular weight is 559 g/mol.